The molecule has 1 aliphatic rings. The molecule has 3 aromatic rings. The monoisotopic (exact) mass is 428 g/mol. The third-order valence-electron chi connectivity index (χ3n) is 4.76. The normalized spacial score (nSPS) is 13.2. The number of rotatable bonds is 4. The van der Waals surface area contributed by atoms with E-state index in [-0.39, 0.29) is 26.9 Å². The van der Waals surface area contributed by atoms with Crippen molar-refractivity contribution in [2.24, 2.45) is 0 Å². The van der Waals surface area contributed by atoms with E-state index in [4.69, 9.17) is 11.6 Å². The fourth-order valence-electron chi connectivity index (χ4n) is 3.29. The number of phenolic OH excluding ortho intramolecular Hbond substituents is 1. The molecule has 0 fully saturated rings. The fourth-order valence-corrected chi connectivity index (χ4v) is 5.30. The van der Waals surface area contributed by atoms with E-state index in [0.29, 0.717) is 18.7 Å². The maximum absolute atomic E-state index is 13.3. The molecule has 148 valence electrons. The van der Waals surface area contributed by atoms with Gasteiger partial charge < -0.3 is 10.4 Å². The summed E-state index contributed by atoms with van der Waals surface area (Å²) in [5, 5.41) is 12.4. The Hall–Kier alpha value is -3.03. The van der Waals surface area contributed by atoms with Gasteiger partial charge in [0.1, 0.15) is 10.6 Å². The molecule has 1 aliphatic heterocycles. The quantitative estimate of drug-likeness (QED) is 0.614. The zero-order chi connectivity index (χ0) is 20.6. The van der Waals surface area contributed by atoms with Crippen LogP contribution in [-0.2, 0) is 16.4 Å². The average molecular weight is 429 g/mol. The molecule has 0 aromatic heterocycles. The Kier molecular flexibility index (Phi) is 4.94. The Morgan fingerprint density at radius 2 is 1.76 bits per heavy atom. The van der Waals surface area contributed by atoms with Gasteiger partial charge in [0.25, 0.3) is 15.9 Å². The standard InChI is InChI=1S/C21H17ClN2O4S/c22-16-10-9-15(21(26)23-17-6-2-4-8-19(17)25)13-20(16)29(27,28)24-12-11-14-5-1-3-7-18(14)24/h1-10,13,25H,11-12H2,(H,23,26). The van der Waals surface area contributed by atoms with E-state index in [1.807, 2.05) is 12.1 Å². The third-order valence-corrected chi connectivity index (χ3v) is 7.05. The molecular formula is C21H17ClN2O4S. The summed E-state index contributed by atoms with van der Waals surface area (Å²) in [4.78, 5) is 12.5. The van der Waals surface area contributed by atoms with Gasteiger partial charge in [-0.3, -0.25) is 9.10 Å². The van der Waals surface area contributed by atoms with E-state index in [0.717, 1.165) is 5.56 Å². The zero-order valence-corrected chi connectivity index (χ0v) is 16.7. The van der Waals surface area contributed by atoms with Gasteiger partial charge in [0.2, 0.25) is 0 Å². The molecule has 29 heavy (non-hydrogen) atoms. The summed E-state index contributed by atoms with van der Waals surface area (Å²) in [6, 6.07) is 17.7. The number of hydrogen-bond acceptors (Lipinski definition) is 4. The lowest BCUT2D eigenvalue weighted by Gasteiger charge is -2.20. The first-order valence-corrected chi connectivity index (χ1v) is 10.7. The van der Waals surface area contributed by atoms with Crippen molar-refractivity contribution in [3.63, 3.8) is 0 Å². The number of benzene rings is 3. The van der Waals surface area contributed by atoms with Crippen LogP contribution >= 0.6 is 11.6 Å². The zero-order valence-electron chi connectivity index (χ0n) is 15.2. The Labute approximate surface area is 173 Å². The number of aromatic hydroxyl groups is 1. The number of phenols is 1. The van der Waals surface area contributed by atoms with Crippen LogP contribution in [0.15, 0.2) is 71.6 Å². The Balaban J connectivity index is 1.69. The van der Waals surface area contributed by atoms with Gasteiger partial charge in [0.15, 0.2) is 0 Å². The Morgan fingerprint density at radius 1 is 1.03 bits per heavy atom. The Morgan fingerprint density at radius 3 is 2.55 bits per heavy atom. The van der Waals surface area contributed by atoms with Crippen LogP contribution in [0.25, 0.3) is 0 Å². The summed E-state index contributed by atoms with van der Waals surface area (Å²) in [5.41, 5.74) is 1.90. The first kappa shape index (κ1) is 19.3. The molecular weight excluding hydrogens is 412 g/mol. The average Bonchev–Trinajstić information content (AvgIpc) is 3.15. The summed E-state index contributed by atoms with van der Waals surface area (Å²) >= 11 is 6.20. The molecule has 3 aromatic carbocycles. The van der Waals surface area contributed by atoms with Crippen molar-refractivity contribution < 1.29 is 18.3 Å². The van der Waals surface area contributed by atoms with Gasteiger partial charge in [0, 0.05) is 12.1 Å². The van der Waals surface area contributed by atoms with Crippen LogP contribution in [0.3, 0.4) is 0 Å². The lowest BCUT2D eigenvalue weighted by atomic mass is 10.2. The van der Waals surface area contributed by atoms with Gasteiger partial charge in [-0.1, -0.05) is 41.9 Å². The van der Waals surface area contributed by atoms with Crippen LogP contribution < -0.4 is 9.62 Å². The highest BCUT2D eigenvalue weighted by molar-refractivity contribution is 7.93. The van der Waals surface area contributed by atoms with E-state index in [1.165, 1.54) is 28.6 Å². The van der Waals surface area contributed by atoms with Crippen LogP contribution in [0.2, 0.25) is 5.02 Å². The van der Waals surface area contributed by atoms with Crippen LogP contribution in [-0.4, -0.2) is 26.0 Å². The minimum absolute atomic E-state index is 0.0356. The number of nitrogens with one attached hydrogen (secondary N) is 1. The predicted molar refractivity (Wildman–Crippen MR) is 112 cm³/mol. The van der Waals surface area contributed by atoms with E-state index in [9.17, 15) is 18.3 Å². The molecule has 0 radical (unpaired) electrons. The number of nitrogens with zero attached hydrogens (tertiary/aromatic N) is 1. The van der Waals surface area contributed by atoms with Gasteiger partial charge >= 0.3 is 0 Å². The number of anilines is 2. The molecule has 4 rings (SSSR count). The number of hydrogen-bond donors (Lipinski definition) is 2. The highest BCUT2D eigenvalue weighted by atomic mass is 35.5. The fraction of sp³-hybridized carbons (Fsp3) is 0.0952. The number of sulfonamides is 1. The van der Waals surface area contributed by atoms with Crippen molar-refractivity contribution in [2.75, 3.05) is 16.2 Å². The largest absolute Gasteiger partial charge is 0.506 e. The molecule has 1 amide bonds. The van der Waals surface area contributed by atoms with Crippen LogP contribution in [0.4, 0.5) is 11.4 Å². The van der Waals surface area contributed by atoms with Gasteiger partial charge in [0.05, 0.1) is 16.4 Å². The van der Waals surface area contributed by atoms with Crippen molar-refractivity contribution in [2.45, 2.75) is 11.3 Å². The molecule has 0 unspecified atom stereocenters. The molecule has 0 aliphatic carbocycles. The number of carbonyl (C=O) groups is 1. The number of para-hydroxylation sites is 3. The SMILES string of the molecule is O=C(Nc1ccccc1O)c1ccc(Cl)c(S(=O)(=O)N2CCc3ccccc32)c1. The van der Waals surface area contributed by atoms with E-state index in [1.54, 1.807) is 30.3 Å². The molecule has 0 atom stereocenters. The highest BCUT2D eigenvalue weighted by Gasteiger charge is 2.32. The minimum Gasteiger partial charge on any atom is -0.506 e. The third kappa shape index (κ3) is 3.54. The molecule has 0 saturated carbocycles. The van der Waals surface area contributed by atoms with Gasteiger partial charge in [-0.15, -0.1) is 0 Å². The topological polar surface area (TPSA) is 86.7 Å². The minimum atomic E-state index is -3.95. The molecule has 2 N–H and O–H groups in total. The highest BCUT2D eigenvalue weighted by Crippen LogP contribution is 2.35. The van der Waals surface area contributed by atoms with Gasteiger partial charge in [-0.05, 0) is 48.4 Å². The summed E-state index contributed by atoms with van der Waals surface area (Å²) < 4.78 is 27.9. The van der Waals surface area contributed by atoms with Gasteiger partial charge in [-0.2, -0.15) is 0 Å². The summed E-state index contributed by atoms with van der Waals surface area (Å²) in [6.45, 7) is 0.312. The second-order valence-corrected chi connectivity index (χ2v) is 8.81. The summed E-state index contributed by atoms with van der Waals surface area (Å²) in [7, 11) is -3.95. The molecule has 6 nitrogen and oxygen atoms in total. The van der Waals surface area contributed by atoms with Crippen molar-refractivity contribution in [1.82, 2.24) is 0 Å². The lowest BCUT2D eigenvalue weighted by Crippen LogP contribution is -2.29. The maximum Gasteiger partial charge on any atom is 0.265 e. The smallest absolute Gasteiger partial charge is 0.265 e. The van der Waals surface area contributed by atoms with Crippen molar-refractivity contribution in [1.29, 1.82) is 0 Å². The molecule has 8 heteroatoms. The van der Waals surface area contributed by atoms with E-state index >= 15 is 0 Å². The number of halogens is 1. The van der Waals surface area contributed by atoms with E-state index in [2.05, 4.69) is 5.32 Å². The maximum atomic E-state index is 13.3. The first-order chi connectivity index (χ1) is 13.9. The summed E-state index contributed by atoms with van der Waals surface area (Å²) in [5.74, 6) is -0.641. The Bertz CT molecular complexity index is 1210. The van der Waals surface area contributed by atoms with Crippen LogP contribution in [0.5, 0.6) is 5.75 Å². The number of amides is 1. The molecule has 0 saturated heterocycles. The van der Waals surface area contributed by atoms with Crippen LogP contribution in [0, 0.1) is 0 Å². The van der Waals surface area contributed by atoms with E-state index < -0.39 is 15.9 Å². The number of fused-ring (bicyclic) bond motifs is 1. The van der Waals surface area contributed by atoms with Crippen molar-refractivity contribution in [3.8, 4) is 5.75 Å². The predicted octanol–water partition coefficient (Wildman–Crippen LogP) is 4.05. The van der Waals surface area contributed by atoms with Crippen molar-refractivity contribution in [3.05, 3.63) is 82.9 Å². The summed E-state index contributed by atoms with van der Waals surface area (Å²) in [6.07, 6.45) is 0.612. The molecule has 0 bridgehead atoms. The lowest BCUT2D eigenvalue weighted by molar-refractivity contribution is 0.102. The first-order valence-electron chi connectivity index (χ1n) is 8.87. The van der Waals surface area contributed by atoms with Gasteiger partial charge in [-0.25, -0.2) is 8.42 Å². The second kappa shape index (κ2) is 7.42. The second-order valence-electron chi connectivity index (χ2n) is 6.57. The molecule has 0 spiro atoms. The molecule has 1 heterocycles. The van der Waals surface area contributed by atoms with Crippen molar-refractivity contribution >= 4 is 38.9 Å². The van der Waals surface area contributed by atoms with Crippen LogP contribution in [0.1, 0.15) is 15.9 Å². The number of carbonyl (C=O) groups excluding carboxylic acids is 1.